The van der Waals surface area contributed by atoms with Crippen LogP contribution in [0, 0.1) is 0 Å². The Morgan fingerprint density at radius 1 is 1.38 bits per heavy atom. The van der Waals surface area contributed by atoms with Crippen LogP contribution in [-0.4, -0.2) is 43.3 Å². The standard InChI is InChI=1S/C14H20BrN3O3/c1-2-21-14(20)18(10-8-16)13(19)17-9-7-11-5-3-4-6-12(11)15/h3-6H,2,7-10,16H2,1H3,(H,17,19). The number of carbonyl (C=O) groups excluding carboxylic acids is 2. The minimum Gasteiger partial charge on any atom is -0.449 e. The first kappa shape index (κ1) is 17.5. The molecule has 1 aromatic carbocycles. The van der Waals surface area contributed by atoms with Crippen molar-refractivity contribution in [2.24, 2.45) is 5.73 Å². The zero-order valence-electron chi connectivity index (χ0n) is 12.0. The highest BCUT2D eigenvalue weighted by Crippen LogP contribution is 2.15. The van der Waals surface area contributed by atoms with E-state index in [4.69, 9.17) is 10.5 Å². The number of amides is 3. The average molecular weight is 358 g/mol. The number of rotatable bonds is 6. The molecule has 0 fully saturated rings. The van der Waals surface area contributed by atoms with Crippen LogP contribution < -0.4 is 11.1 Å². The lowest BCUT2D eigenvalue weighted by molar-refractivity contribution is 0.115. The third-order valence-electron chi connectivity index (χ3n) is 2.71. The Hall–Kier alpha value is -1.60. The normalized spacial score (nSPS) is 10.0. The molecule has 1 aromatic rings. The third-order valence-corrected chi connectivity index (χ3v) is 3.49. The van der Waals surface area contributed by atoms with Crippen LogP contribution in [0.5, 0.6) is 0 Å². The summed E-state index contributed by atoms with van der Waals surface area (Å²) in [7, 11) is 0. The van der Waals surface area contributed by atoms with Gasteiger partial charge in [-0.15, -0.1) is 0 Å². The Labute approximate surface area is 132 Å². The van der Waals surface area contributed by atoms with Crippen LogP contribution in [0.1, 0.15) is 12.5 Å². The summed E-state index contributed by atoms with van der Waals surface area (Å²) in [6, 6.07) is 7.28. The van der Waals surface area contributed by atoms with Crippen molar-refractivity contribution < 1.29 is 14.3 Å². The first-order valence-electron chi connectivity index (χ1n) is 6.75. The molecular formula is C14H20BrN3O3. The second-order valence-electron chi connectivity index (χ2n) is 4.21. The van der Waals surface area contributed by atoms with Gasteiger partial charge in [0.05, 0.1) is 6.61 Å². The highest BCUT2D eigenvalue weighted by Gasteiger charge is 2.21. The van der Waals surface area contributed by atoms with Gasteiger partial charge in [0, 0.05) is 24.1 Å². The molecule has 116 valence electrons. The van der Waals surface area contributed by atoms with Gasteiger partial charge in [-0.1, -0.05) is 34.1 Å². The summed E-state index contributed by atoms with van der Waals surface area (Å²) < 4.78 is 5.81. The topological polar surface area (TPSA) is 84.7 Å². The van der Waals surface area contributed by atoms with Gasteiger partial charge < -0.3 is 15.8 Å². The number of nitrogens with zero attached hydrogens (tertiary/aromatic N) is 1. The number of hydrogen-bond acceptors (Lipinski definition) is 4. The molecule has 3 N–H and O–H groups in total. The fraction of sp³-hybridized carbons (Fsp3) is 0.429. The molecule has 6 nitrogen and oxygen atoms in total. The zero-order chi connectivity index (χ0) is 15.7. The Morgan fingerprint density at radius 2 is 2.10 bits per heavy atom. The van der Waals surface area contributed by atoms with Crippen molar-refractivity contribution in [3.8, 4) is 0 Å². The molecule has 0 aromatic heterocycles. The second kappa shape index (κ2) is 9.36. The maximum atomic E-state index is 12.0. The van der Waals surface area contributed by atoms with Crippen LogP contribution in [0.15, 0.2) is 28.7 Å². The SMILES string of the molecule is CCOC(=O)N(CCN)C(=O)NCCc1ccccc1Br. The van der Waals surface area contributed by atoms with Gasteiger partial charge in [0.15, 0.2) is 0 Å². The van der Waals surface area contributed by atoms with Gasteiger partial charge in [0.2, 0.25) is 0 Å². The maximum absolute atomic E-state index is 12.0. The number of halogens is 1. The predicted molar refractivity (Wildman–Crippen MR) is 84.0 cm³/mol. The van der Waals surface area contributed by atoms with Crippen molar-refractivity contribution in [2.75, 3.05) is 26.2 Å². The summed E-state index contributed by atoms with van der Waals surface area (Å²) >= 11 is 3.45. The highest BCUT2D eigenvalue weighted by molar-refractivity contribution is 9.10. The molecule has 0 radical (unpaired) electrons. The molecule has 0 spiro atoms. The van der Waals surface area contributed by atoms with E-state index in [-0.39, 0.29) is 19.7 Å². The molecule has 0 aliphatic carbocycles. The van der Waals surface area contributed by atoms with Crippen LogP contribution in [-0.2, 0) is 11.2 Å². The lowest BCUT2D eigenvalue weighted by Crippen LogP contribution is -2.46. The van der Waals surface area contributed by atoms with E-state index in [9.17, 15) is 9.59 Å². The van der Waals surface area contributed by atoms with E-state index in [1.807, 2.05) is 24.3 Å². The van der Waals surface area contributed by atoms with Crippen LogP contribution >= 0.6 is 15.9 Å². The molecule has 0 bridgehead atoms. The largest absolute Gasteiger partial charge is 0.449 e. The van der Waals surface area contributed by atoms with E-state index in [1.54, 1.807) is 6.92 Å². The van der Waals surface area contributed by atoms with Crippen LogP contribution in [0.2, 0.25) is 0 Å². The van der Waals surface area contributed by atoms with E-state index in [1.165, 1.54) is 0 Å². The van der Waals surface area contributed by atoms with Gasteiger partial charge >= 0.3 is 12.1 Å². The van der Waals surface area contributed by atoms with E-state index in [2.05, 4.69) is 21.2 Å². The quantitative estimate of drug-likeness (QED) is 0.816. The molecule has 0 aliphatic rings. The fourth-order valence-corrected chi connectivity index (χ4v) is 2.19. The first-order valence-corrected chi connectivity index (χ1v) is 7.55. The number of hydrogen-bond donors (Lipinski definition) is 2. The maximum Gasteiger partial charge on any atom is 0.418 e. The van der Waals surface area contributed by atoms with Crippen LogP contribution in [0.25, 0.3) is 0 Å². The molecule has 0 saturated carbocycles. The molecule has 0 aliphatic heterocycles. The van der Waals surface area contributed by atoms with Crippen molar-refractivity contribution in [1.82, 2.24) is 10.2 Å². The number of nitrogens with one attached hydrogen (secondary N) is 1. The summed E-state index contributed by atoms with van der Waals surface area (Å²) in [4.78, 5) is 24.6. The minimum absolute atomic E-state index is 0.125. The smallest absolute Gasteiger partial charge is 0.418 e. The lowest BCUT2D eigenvalue weighted by Gasteiger charge is -2.19. The summed E-state index contributed by atoms with van der Waals surface area (Å²) in [5, 5.41) is 2.69. The number of benzene rings is 1. The Balaban J connectivity index is 2.50. The molecule has 21 heavy (non-hydrogen) atoms. The summed E-state index contributed by atoms with van der Waals surface area (Å²) in [5.41, 5.74) is 6.49. The third kappa shape index (κ3) is 5.73. The molecule has 3 amide bonds. The van der Waals surface area contributed by atoms with Gasteiger partial charge in [-0.3, -0.25) is 0 Å². The number of urea groups is 1. The molecule has 0 heterocycles. The summed E-state index contributed by atoms with van der Waals surface area (Å²) in [6.07, 6.45) is -0.0201. The fourth-order valence-electron chi connectivity index (χ4n) is 1.71. The van der Waals surface area contributed by atoms with Crippen molar-refractivity contribution in [3.63, 3.8) is 0 Å². The van der Waals surface area contributed by atoms with Gasteiger partial charge in [-0.25, -0.2) is 14.5 Å². The van der Waals surface area contributed by atoms with Gasteiger partial charge in [0.1, 0.15) is 0 Å². The van der Waals surface area contributed by atoms with Gasteiger partial charge in [-0.05, 0) is 25.0 Å². The monoisotopic (exact) mass is 357 g/mol. The Bertz CT molecular complexity index is 482. The number of imide groups is 1. The van der Waals surface area contributed by atoms with Crippen LogP contribution in [0.3, 0.4) is 0 Å². The molecular weight excluding hydrogens is 338 g/mol. The van der Waals surface area contributed by atoms with Gasteiger partial charge in [0.25, 0.3) is 0 Å². The average Bonchev–Trinajstić information content (AvgIpc) is 2.46. The molecule has 0 atom stereocenters. The van der Waals surface area contributed by atoms with Crippen molar-refractivity contribution in [2.45, 2.75) is 13.3 Å². The number of ether oxygens (including phenoxy) is 1. The minimum atomic E-state index is -0.679. The molecule has 1 rings (SSSR count). The number of nitrogens with two attached hydrogens (primary N) is 1. The number of carbonyl (C=O) groups is 2. The Kier molecular flexibility index (Phi) is 7.78. The molecule has 7 heteroatoms. The zero-order valence-corrected chi connectivity index (χ0v) is 13.6. The summed E-state index contributed by atoms with van der Waals surface area (Å²) in [6.45, 7) is 2.63. The van der Waals surface area contributed by atoms with E-state index in [0.717, 1.165) is 14.9 Å². The first-order chi connectivity index (χ1) is 10.1. The second-order valence-corrected chi connectivity index (χ2v) is 5.07. The Morgan fingerprint density at radius 3 is 2.71 bits per heavy atom. The van der Waals surface area contributed by atoms with Gasteiger partial charge in [-0.2, -0.15) is 0 Å². The van der Waals surface area contributed by atoms with E-state index >= 15 is 0 Å². The van der Waals surface area contributed by atoms with E-state index < -0.39 is 12.1 Å². The summed E-state index contributed by atoms with van der Waals surface area (Å²) in [5.74, 6) is 0. The van der Waals surface area contributed by atoms with E-state index in [0.29, 0.717) is 13.0 Å². The highest BCUT2D eigenvalue weighted by atomic mass is 79.9. The van der Waals surface area contributed by atoms with Crippen molar-refractivity contribution in [3.05, 3.63) is 34.3 Å². The lowest BCUT2D eigenvalue weighted by atomic mass is 10.1. The van der Waals surface area contributed by atoms with Crippen molar-refractivity contribution in [1.29, 1.82) is 0 Å². The predicted octanol–water partition coefficient (Wildman–Crippen LogP) is 2.12. The molecule has 0 unspecified atom stereocenters. The van der Waals surface area contributed by atoms with Crippen LogP contribution in [0.4, 0.5) is 9.59 Å². The molecule has 0 saturated heterocycles. The van der Waals surface area contributed by atoms with Crippen molar-refractivity contribution >= 4 is 28.1 Å².